The molecule has 1 aromatic rings. The van der Waals surface area contributed by atoms with Crippen molar-refractivity contribution in [1.82, 2.24) is 15.1 Å². The number of hydrogen-bond acceptors (Lipinski definition) is 6. The Balaban J connectivity index is 2.74. The van der Waals surface area contributed by atoms with E-state index in [1.165, 1.54) is 6.92 Å². The number of anilines is 1. The molecule has 1 unspecified atom stereocenters. The average Bonchev–Trinajstić information content (AvgIpc) is 2.85. The van der Waals surface area contributed by atoms with Crippen LogP contribution in [-0.4, -0.2) is 53.7 Å². The van der Waals surface area contributed by atoms with Crippen molar-refractivity contribution in [2.24, 2.45) is 0 Å². The average molecular weight is 338 g/mol. The van der Waals surface area contributed by atoms with Crippen molar-refractivity contribution in [1.29, 1.82) is 0 Å². The Morgan fingerprint density at radius 2 is 2.04 bits per heavy atom. The fraction of sp³-hybridized carbons (Fsp3) is 0.625. The summed E-state index contributed by atoms with van der Waals surface area (Å²) in [7, 11) is 3.68. The number of aryl methyl sites for hydroxylation is 1. The summed E-state index contributed by atoms with van der Waals surface area (Å²) in [4.78, 5) is 36.2. The fourth-order valence-corrected chi connectivity index (χ4v) is 2.00. The van der Waals surface area contributed by atoms with Gasteiger partial charge in [0.05, 0.1) is 6.04 Å². The molecular formula is C16H26N4O4. The third kappa shape index (κ3) is 6.02. The number of aromatic nitrogens is 2. The molecule has 24 heavy (non-hydrogen) atoms. The summed E-state index contributed by atoms with van der Waals surface area (Å²) in [5.41, 5.74) is -0.269. The molecule has 1 atom stereocenters. The van der Waals surface area contributed by atoms with Gasteiger partial charge in [-0.3, -0.25) is 4.79 Å². The smallest absolute Gasteiger partial charge is 0.408 e. The second-order valence-corrected chi connectivity index (χ2v) is 6.74. The molecule has 0 aliphatic carbocycles. The van der Waals surface area contributed by atoms with E-state index in [-0.39, 0.29) is 5.78 Å². The summed E-state index contributed by atoms with van der Waals surface area (Å²) in [5, 5.41) is 6.76. The predicted octanol–water partition coefficient (Wildman–Crippen LogP) is 1.63. The number of alkyl carbamates (subject to hydrolysis) is 1. The van der Waals surface area contributed by atoms with Crippen molar-refractivity contribution in [2.75, 3.05) is 19.0 Å². The lowest BCUT2D eigenvalue weighted by atomic mass is 10.2. The molecular weight excluding hydrogens is 312 g/mol. The number of nitrogens with zero attached hydrogens (tertiary/aromatic N) is 3. The van der Waals surface area contributed by atoms with Crippen LogP contribution in [0.1, 0.15) is 44.6 Å². The molecule has 8 nitrogen and oxygen atoms in total. The van der Waals surface area contributed by atoms with E-state index in [9.17, 15) is 14.4 Å². The van der Waals surface area contributed by atoms with Gasteiger partial charge in [0.1, 0.15) is 23.4 Å². The van der Waals surface area contributed by atoms with Gasteiger partial charge in [0.25, 0.3) is 0 Å². The number of ketones is 1. The summed E-state index contributed by atoms with van der Waals surface area (Å²) in [6.07, 6.45) is 0.356. The van der Waals surface area contributed by atoms with Crippen molar-refractivity contribution < 1.29 is 19.1 Å². The first-order valence-electron chi connectivity index (χ1n) is 7.74. The van der Waals surface area contributed by atoms with Crippen LogP contribution >= 0.6 is 0 Å². The minimum absolute atomic E-state index is 0.129. The number of rotatable bonds is 7. The first-order valence-corrected chi connectivity index (χ1v) is 7.74. The molecule has 1 rings (SSSR count). The van der Waals surface area contributed by atoms with Crippen LogP contribution < -0.4 is 10.2 Å². The molecule has 0 radical (unpaired) electrons. The molecule has 0 aliphatic rings. The van der Waals surface area contributed by atoms with Crippen LogP contribution in [0.25, 0.3) is 0 Å². The van der Waals surface area contributed by atoms with Gasteiger partial charge < -0.3 is 19.7 Å². The highest BCUT2D eigenvalue weighted by Gasteiger charge is 2.20. The lowest BCUT2D eigenvalue weighted by molar-refractivity contribution is -0.109. The van der Waals surface area contributed by atoms with Gasteiger partial charge >= 0.3 is 6.09 Å². The van der Waals surface area contributed by atoms with Crippen molar-refractivity contribution >= 4 is 24.0 Å². The van der Waals surface area contributed by atoms with Crippen LogP contribution in [0.2, 0.25) is 0 Å². The summed E-state index contributed by atoms with van der Waals surface area (Å²) in [5.74, 6) is 0.623. The van der Waals surface area contributed by atoms with E-state index in [2.05, 4.69) is 10.4 Å². The highest BCUT2D eigenvalue weighted by Crippen LogP contribution is 2.15. The Morgan fingerprint density at radius 1 is 1.42 bits per heavy atom. The summed E-state index contributed by atoms with van der Waals surface area (Å²) < 4.78 is 6.78. The van der Waals surface area contributed by atoms with Crippen molar-refractivity contribution in [3.05, 3.63) is 11.8 Å². The zero-order valence-electron chi connectivity index (χ0n) is 15.1. The largest absolute Gasteiger partial charge is 0.444 e. The van der Waals surface area contributed by atoms with Crippen LogP contribution in [0.5, 0.6) is 0 Å². The normalized spacial score (nSPS) is 12.4. The van der Waals surface area contributed by atoms with E-state index in [0.29, 0.717) is 24.9 Å². The van der Waals surface area contributed by atoms with Gasteiger partial charge in [-0.2, -0.15) is 5.10 Å². The highest BCUT2D eigenvalue weighted by atomic mass is 16.6. The summed E-state index contributed by atoms with van der Waals surface area (Å²) in [6, 6.07) is 0.999. The molecule has 0 aromatic carbocycles. The van der Waals surface area contributed by atoms with E-state index in [1.54, 1.807) is 31.5 Å². The minimum Gasteiger partial charge on any atom is -0.444 e. The van der Waals surface area contributed by atoms with Gasteiger partial charge in [-0.25, -0.2) is 9.48 Å². The first-order chi connectivity index (χ1) is 11.0. The quantitative estimate of drug-likeness (QED) is 0.600. The van der Waals surface area contributed by atoms with Gasteiger partial charge in [-0.1, -0.05) is 0 Å². The van der Waals surface area contributed by atoms with Gasteiger partial charge in [0.2, 0.25) is 0 Å². The zero-order chi connectivity index (χ0) is 18.5. The minimum atomic E-state index is -0.695. The van der Waals surface area contributed by atoms with Crippen LogP contribution in [0.15, 0.2) is 6.07 Å². The predicted molar refractivity (Wildman–Crippen MR) is 90.4 cm³/mol. The number of hydrogen-bond donors (Lipinski definition) is 1. The number of nitrogens with one attached hydrogen (secondary N) is 1. The van der Waals surface area contributed by atoms with Crippen molar-refractivity contribution in [2.45, 2.75) is 52.3 Å². The van der Waals surface area contributed by atoms with Crippen LogP contribution in [0.3, 0.4) is 0 Å². The number of Topliss-reactive ketones (excluding diaryl/α,β-unsaturated/α-hetero) is 1. The fourth-order valence-electron chi connectivity index (χ4n) is 2.00. The Kier molecular flexibility index (Phi) is 6.51. The maximum atomic E-state index is 11.7. The monoisotopic (exact) mass is 338 g/mol. The molecule has 1 amide bonds. The molecule has 1 aromatic heterocycles. The number of amides is 1. The van der Waals surface area contributed by atoms with E-state index >= 15 is 0 Å². The van der Waals surface area contributed by atoms with Crippen LogP contribution in [0, 0.1) is 0 Å². The number of ether oxygens (including phenoxy) is 1. The first kappa shape index (κ1) is 19.7. The number of carbonyl (C=O) groups excluding carboxylic acids is 3. The van der Waals surface area contributed by atoms with Crippen molar-refractivity contribution in [3.63, 3.8) is 0 Å². The summed E-state index contributed by atoms with van der Waals surface area (Å²) in [6.45, 7) is 7.07. The Hall–Kier alpha value is -2.38. The van der Waals surface area contributed by atoms with E-state index in [0.717, 1.165) is 5.82 Å². The highest BCUT2D eigenvalue weighted by molar-refractivity contribution is 5.92. The Morgan fingerprint density at radius 3 is 2.50 bits per heavy atom. The standard InChI is InChI=1S/C16H26N4O4/c1-11(22)13-9-14(19(5)6)20(18-13)8-7-12(10-21)17-15(23)24-16(2,3)4/h9-10,12H,7-8H2,1-6H3,(H,17,23). The lowest BCUT2D eigenvalue weighted by Crippen LogP contribution is -2.40. The third-order valence-corrected chi connectivity index (χ3v) is 3.10. The van der Waals surface area contributed by atoms with Crippen molar-refractivity contribution in [3.8, 4) is 0 Å². The molecule has 0 saturated carbocycles. The molecule has 0 saturated heterocycles. The maximum Gasteiger partial charge on any atom is 0.408 e. The molecule has 0 aliphatic heterocycles. The second-order valence-electron chi connectivity index (χ2n) is 6.74. The molecule has 134 valence electrons. The summed E-state index contributed by atoms with van der Waals surface area (Å²) >= 11 is 0. The van der Waals surface area contributed by atoms with Gasteiger partial charge in [-0.15, -0.1) is 0 Å². The van der Waals surface area contributed by atoms with Gasteiger partial charge in [0.15, 0.2) is 5.78 Å². The lowest BCUT2D eigenvalue weighted by Gasteiger charge is -2.22. The van der Waals surface area contributed by atoms with E-state index in [1.807, 2.05) is 19.0 Å². The number of aldehydes is 1. The van der Waals surface area contributed by atoms with Crippen LogP contribution in [-0.2, 0) is 16.1 Å². The topological polar surface area (TPSA) is 93.5 Å². The Bertz CT molecular complexity index is 602. The molecule has 0 bridgehead atoms. The molecule has 8 heteroatoms. The molecule has 0 fully saturated rings. The van der Waals surface area contributed by atoms with E-state index < -0.39 is 17.7 Å². The SMILES string of the molecule is CC(=O)c1cc(N(C)C)n(CCC(C=O)NC(=O)OC(C)(C)C)n1. The number of carbonyl (C=O) groups is 3. The van der Waals surface area contributed by atoms with E-state index in [4.69, 9.17) is 4.74 Å². The molecule has 1 N–H and O–H groups in total. The second kappa shape index (κ2) is 7.94. The maximum absolute atomic E-state index is 11.7. The van der Waals surface area contributed by atoms with Gasteiger partial charge in [-0.05, 0) is 27.2 Å². The van der Waals surface area contributed by atoms with Gasteiger partial charge in [0, 0.05) is 33.6 Å². The Labute approximate surface area is 142 Å². The third-order valence-electron chi connectivity index (χ3n) is 3.10. The zero-order valence-corrected chi connectivity index (χ0v) is 15.1. The molecule has 0 spiro atoms. The van der Waals surface area contributed by atoms with Crippen LogP contribution in [0.4, 0.5) is 10.6 Å². The molecule has 1 heterocycles.